The number of hydrogen-bond donors (Lipinski definition) is 1. The van der Waals surface area contributed by atoms with Gasteiger partial charge in [0, 0.05) is 63.4 Å². The van der Waals surface area contributed by atoms with Crippen molar-refractivity contribution in [3.63, 3.8) is 0 Å². The molecule has 0 radical (unpaired) electrons. The van der Waals surface area contributed by atoms with Crippen LogP contribution in [0, 0.1) is 0 Å². The van der Waals surface area contributed by atoms with Gasteiger partial charge in [0.25, 0.3) is 0 Å². The Kier molecular flexibility index (Phi) is 11.0. The predicted molar refractivity (Wildman–Crippen MR) is 155 cm³/mol. The second-order valence-corrected chi connectivity index (χ2v) is 12.5. The zero-order valence-corrected chi connectivity index (χ0v) is 25.3. The Balaban J connectivity index is 1.41. The average molecular weight is 614 g/mol. The molecule has 2 heterocycles. The zero-order chi connectivity index (χ0) is 30.4. The van der Waals surface area contributed by atoms with Crippen molar-refractivity contribution >= 4 is 29.4 Å². The number of rotatable bonds is 7. The molecule has 1 atom stereocenters. The molecule has 1 saturated carbocycles. The maximum absolute atomic E-state index is 13.9. The number of nitrogens with one attached hydrogen (secondary N) is 1. The molecule has 8 nitrogen and oxygen atoms in total. The van der Waals surface area contributed by atoms with Crippen LogP contribution in [0.25, 0.3) is 0 Å². The van der Waals surface area contributed by atoms with Crippen LogP contribution < -0.4 is 5.32 Å². The maximum Gasteiger partial charge on any atom is 0.471 e. The van der Waals surface area contributed by atoms with Crippen molar-refractivity contribution in [2.24, 2.45) is 0 Å². The van der Waals surface area contributed by atoms with Gasteiger partial charge in [0.05, 0.1) is 6.04 Å². The van der Waals surface area contributed by atoms with Gasteiger partial charge in [0.2, 0.25) is 5.91 Å². The number of piperidine rings is 2. The molecule has 1 N–H and O–H groups in total. The normalized spacial score (nSPS) is 20.3. The first-order valence-electron chi connectivity index (χ1n) is 15.1. The van der Waals surface area contributed by atoms with Crippen LogP contribution in [0.3, 0.4) is 0 Å². The number of likely N-dealkylation sites (tertiary alicyclic amines) is 2. The molecular weight excluding hydrogens is 571 g/mol. The molecule has 0 bridgehead atoms. The molecule has 0 aromatic heterocycles. The Morgan fingerprint density at radius 3 is 1.98 bits per heavy atom. The molecule has 234 valence electrons. The topological polar surface area (TPSA) is 76.2 Å². The molecule has 2 aliphatic heterocycles. The summed E-state index contributed by atoms with van der Waals surface area (Å²) in [6.45, 7) is 1.04. The third-order valence-electron chi connectivity index (χ3n) is 8.85. The molecular formula is C30H43ClF3N5O3. The Morgan fingerprint density at radius 2 is 1.43 bits per heavy atom. The molecule has 3 aliphatic rings. The number of alkyl halides is 3. The second kappa shape index (κ2) is 14.3. The minimum atomic E-state index is -4.89. The quantitative estimate of drug-likeness (QED) is 0.484. The van der Waals surface area contributed by atoms with E-state index in [1.807, 2.05) is 17.0 Å². The Labute approximate surface area is 251 Å². The van der Waals surface area contributed by atoms with Crippen molar-refractivity contribution in [1.29, 1.82) is 0 Å². The highest BCUT2D eigenvalue weighted by molar-refractivity contribution is 6.30. The zero-order valence-electron chi connectivity index (χ0n) is 24.5. The molecule has 4 rings (SSSR count). The molecule has 0 unspecified atom stereocenters. The Hall–Kier alpha value is -2.53. The fraction of sp³-hybridized carbons (Fsp3) is 0.700. The lowest BCUT2D eigenvalue weighted by atomic mass is 9.91. The summed E-state index contributed by atoms with van der Waals surface area (Å²) in [7, 11) is 3.57. The van der Waals surface area contributed by atoms with Crippen molar-refractivity contribution < 1.29 is 27.6 Å². The lowest BCUT2D eigenvalue weighted by Gasteiger charge is -2.45. The molecule has 0 spiro atoms. The number of benzene rings is 1. The lowest BCUT2D eigenvalue weighted by Crippen LogP contribution is -2.58. The van der Waals surface area contributed by atoms with Gasteiger partial charge in [0.1, 0.15) is 0 Å². The summed E-state index contributed by atoms with van der Waals surface area (Å²) in [5.74, 6) is -1.87. The second-order valence-electron chi connectivity index (χ2n) is 12.0. The summed E-state index contributed by atoms with van der Waals surface area (Å²) in [5.41, 5.74) is 0.921. The van der Waals surface area contributed by atoms with Crippen LogP contribution in [-0.4, -0.2) is 108 Å². The van der Waals surface area contributed by atoms with Gasteiger partial charge in [-0.1, -0.05) is 43.0 Å². The van der Waals surface area contributed by atoms with Gasteiger partial charge < -0.3 is 24.9 Å². The fourth-order valence-electron chi connectivity index (χ4n) is 6.57. The van der Waals surface area contributed by atoms with Crippen molar-refractivity contribution in [3.8, 4) is 0 Å². The van der Waals surface area contributed by atoms with E-state index < -0.39 is 18.1 Å². The van der Waals surface area contributed by atoms with Crippen LogP contribution in [0.5, 0.6) is 0 Å². The van der Waals surface area contributed by atoms with Crippen molar-refractivity contribution in [2.75, 3.05) is 40.3 Å². The first-order chi connectivity index (χ1) is 19.9. The number of carbonyl (C=O) groups is 3. The standard InChI is InChI=1S/C30H43ClF3N5O3/c1-36(2)29(42)39(24-6-4-3-5-7-24)25-14-18-37(19-15-25)27(40)26(20-21-8-10-22(31)11-9-21)35-23-12-16-38(17-13-23)28(41)30(32,33)34/h8-11,23-26,35H,3-7,12-20H2,1-2H3/t26-/m0/s1. The summed E-state index contributed by atoms with van der Waals surface area (Å²) >= 11 is 6.06. The molecule has 12 heteroatoms. The first-order valence-corrected chi connectivity index (χ1v) is 15.5. The monoisotopic (exact) mass is 613 g/mol. The van der Waals surface area contributed by atoms with E-state index in [1.54, 1.807) is 31.1 Å². The van der Waals surface area contributed by atoms with Crippen LogP contribution in [0.4, 0.5) is 18.0 Å². The summed E-state index contributed by atoms with van der Waals surface area (Å²) in [4.78, 5) is 45.2. The summed E-state index contributed by atoms with van der Waals surface area (Å²) in [5, 5.41) is 4.01. The van der Waals surface area contributed by atoms with Gasteiger partial charge in [-0.15, -0.1) is 0 Å². The Bertz CT molecular complexity index is 1060. The minimum absolute atomic E-state index is 0.0137. The van der Waals surface area contributed by atoms with E-state index >= 15 is 0 Å². The molecule has 2 saturated heterocycles. The van der Waals surface area contributed by atoms with E-state index in [9.17, 15) is 27.6 Å². The molecule has 4 amide bonds. The first kappa shape index (κ1) is 32.4. The molecule has 42 heavy (non-hydrogen) atoms. The fourth-order valence-corrected chi connectivity index (χ4v) is 6.70. The summed E-state index contributed by atoms with van der Waals surface area (Å²) in [6, 6.07) is 6.85. The highest BCUT2D eigenvalue weighted by atomic mass is 35.5. The summed E-state index contributed by atoms with van der Waals surface area (Å²) in [6.07, 6.45) is 3.07. The van der Waals surface area contributed by atoms with Gasteiger partial charge in [-0.2, -0.15) is 13.2 Å². The number of carbonyl (C=O) groups excluding carboxylic acids is 3. The van der Waals surface area contributed by atoms with E-state index in [4.69, 9.17) is 11.6 Å². The number of nitrogens with zero attached hydrogens (tertiary/aromatic N) is 4. The van der Waals surface area contributed by atoms with Crippen molar-refractivity contribution in [2.45, 2.75) is 94.6 Å². The molecule has 3 fully saturated rings. The van der Waals surface area contributed by atoms with Gasteiger partial charge in [-0.3, -0.25) is 9.59 Å². The minimum Gasteiger partial charge on any atom is -0.341 e. The third-order valence-corrected chi connectivity index (χ3v) is 9.11. The van der Waals surface area contributed by atoms with Gasteiger partial charge in [0.15, 0.2) is 0 Å². The predicted octanol–water partition coefficient (Wildman–Crippen LogP) is 4.70. The van der Waals surface area contributed by atoms with Crippen molar-refractivity contribution in [1.82, 2.24) is 24.9 Å². The van der Waals surface area contributed by atoms with Crippen LogP contribution in [0.2, 0.25) is 5.02 Å². The maximum atomic E-state index is 13.9. The number of amides is 4. The molecule has 1 aliphatic carbocycles. The summed E-state index contributed by atoms with van der Waals surface area (Å²) < 4.78 is 38.7. The van der Waals surface area contributed by atoms with Crippen LogP contribution in [0.1, 0.15) is 63.4 Å². The SMILES string of the molecule is CN(C)C(=O)N(C1CCCCC1)C1CCN(C(=O)[C@H](Cc2ccc(Cl)cc2)NC2CCN(C(=O)C(F)(F)F)CC2)CC1. The third kappa shape index (κ3) is 8.30. The largest absolute Gasteiger partial charge is 0.471 e. The van der Waals surface area contributed by atoms with Crippen LogP contribution in [-0.2, 0) is 16.0 Å². The van der Waals surface area contributed by atoms with E-state index in [1.165, 1.54) is 6.42 Å². The van der Waals surface area contributed by atoms with Crippen LogP contribution in [0.15, 0.2) is 24.3 Å². The number of hydrogen-bond acceptors (Lipinski definition) is 4. The Morgan fingerprint density at radius 1 is 0.881 bits per heavy atom. The van der Waals surface area contributed by atoms with Gasteiger partial charge in [-0.25, -0.2) is 4.79 Å². The highest BCUT2D eigenvalue weighted by Crippen LogP contribution is 2.29. The van der Waals surface area contributed by atoms with Crippen LogP contribution >= 0.6 is 11.6 Å². The van der Waals surface area contributed by atoms with E-state index in [2.05, 4.69) is 10.2 Å². The van der Waals surface area contributed by atoms with Crippen molar-refractivity contribution in [3.05, 3.63) is 34.9 Å². The van der Waals surface area contributed by atoms with Gasteiger partial charge >= 0.3 is 18.1 Å². The molecule has 1 aromatic rings. The van der Waals surface area contributed by atoms with E-state index in [0.717, 1.165) is 36.1 Å². The number of urea groups is 1. The highest BCUT2D eigenvalue weighted by Gasteiger charge is 2.44. The molecule has 1 aromatic carbocycles. The van der Waals surface area contributed by atoms with E-state index in [0.29, 0.717) is 50.2 Å². The lowest BCUT2D eigenvalue weighted by molar-refractivity contribution is -0.186. The van der Waals surface area contributed by atoms with Gasteiger partial charge in [-0.05, 0) is 62.6 Å². The smallest absolute Gasteiger partial charge is 0.341 e. The number of halogens is 4. The van der Waals surface area contributed by atoms with E-state index in [-0.39, 0.29) is 43.2 Å². The average Bonchev–Trinajstić information content (AvgIpc) is 2.98.